The van der Waals surface area contributed by atoms with E-state index in [1.54, 1.807) is 37.3 Å². The Balaban J connectivity index is 1.59. The second-order valence-electron chi connectivity index (χ2n) is 6.77. The first-order chi connectivity index (χ1) is 14.0. The van der Waals surface area contributed by atoms with Crippen LogP contribution in [-0.2, 0) is 6.42 Å². The summed E-state index contributed by atoms with van der Waals surface area (Å²) < 4.78 is 11.2. The zero-order valence-corrected chi connectivity index (χ0v) is 16.1. The van der Waals surface area contributed by atoms with E-state index in [2.05, 4.69) is 11.9 Å². The van der Waals surface area contributed by atoms with E-state index < -0.39 is 5.97 Å². The third-order valence-corrected chi connectivity index (χ3v) is 4.76. The maximum atomic E-state index is 12.8. The van der Waals surface area contributed by atoms with Gasteiger partial charge in [0, 0.05) is 18.5 Å². The lowest BCUT2D eigenvalue weighted by Gasteiger charge is -2.07. The molecule has 3 aromatic rings. The number of hydrogen-bond acceptors (Lipinski definition) is 5. The van der Waals surface area contributed by atoms with Crippen LogP contribution >= 0.6 is 0 Å². The van der Waals surface area contributed by atoms with Crippen LogP contribution in [0, 0.1) is 6.92 Å². The topological polar surface area (TPSA) is 65.5 Å². The number of aryl methyl sites for hydroxylation is 2. The van der Waals surface area contributed by atoms with E-state index in [0.29, 0.717) is 28.2 Å². The second kappa shape index (κ2) is 7.72. The van der Waals surface area contributed by atoms with Crippen LogP contribution < -0.4 is 9.47 Å². The minimum Gasteiger partial charge on any atom is -0.452 e. The number of nitrogens with zero attached hydrogens (tertiary/aromatic N) is 1. The van der Waals surface area contributed by atoms with Crippen LogP contribution in [0.5, 0.6) is 11.5 Å². The lowest BCUT2D eigenvalue weighted by atomic mass is 10.0. The number of esters is 1. The van der Waals surface area contributed by atoms with Gasteiger partial charge in [-0.15, -0.1) is 0 Å². The number of hydrogen-bond donors (Lipinski definition) is 0. The molecule has 0 atom stereocenters. The van der Waals surface area contributed by atoms with Crippen molar-refractivity contribution in [1.82, 2.24) is 4.98 Å². The van der Waals surface area contributed by atoms with Crippen molar-refractivity contribution in [2.45, 2.75) is 20.3 Å². The molecule has 0 saturated heterocycles. The Morgan fingerprint density at radius 3 is 2.52 bits per heavy atom. The SMILES string of the molecule is CCc1ccc(/C=C2\Oc3cc(OC(=O)c4ccncc4)cc(C)c3C2=O)cc1. The minimum atomic E-state index is -0.497. The number of ether oxygens (including phenoxy) is 2. The zero-order valence-electron chi connectivity index (χ0n) is 16.1. The maximum absolute atomic E-state index is 12.8. The molecule has 0 amide bonds. The third-order valence-electron chi connectivity index (χ3n) is 4.76. The van der Waals surface area contributed by atoms with Gasteiger partial charge in [-0.25, -0.2) is 4.79 Å². The van der Waals surface area contributed by atoms with Crippen molar-refractivity contribution >= 4 is 17.8 Å². The van der Waals surface area contributed by atoms with Crippen molar-refractivity contribution < 1.29 is 19.1 Å². The van der Waals surface area contributed by atoms with E-state index in [-0.39, 0.29) is 11.5 Å². The zero-order chi connectivity index (χ0) is 20.4. The number of aromatic nitrogens is 1. The Morgan fingerprint density at radius 2 is 1.83 bits per heavy atom. The van der Waals surface area contributed by atoms with Crippen LogP contribution in [0.3, 0.4) is 0 Å². The van der Waals surface area contributed by atoms with Crippen molar-refractivity contribution in [3.8, 4) is 11.5 Å². The fraction of sp³-hybridized carbons (Fsp3) is 0.125. The van der Waals surface area contributed by atoms with E-state index in [0.717, 1.165) is 12.0 Å². The van der Waals surface area contributed by atoms with Crippen LogP contribution in [0.15, 0.2) is 66.7 Å². The highest BCUT2D eigenvalue weighted by molar-refractivity contribution is 6.15. The number of Topliss-reactive ketones (excluding diaryl/α,β-unsaturated/α-hetero) is 1. The van der Waals surface area contributed by atoms with Crippen LogP contribution in [0.2, 0.25) is 0 Å². The third kappa shape index (κ3) is 3.80. The molecule has 0 aliphatic carbocycles. The molecule has 5 heteroatoms. The Morgan fingerprint density at radius 1 is 1.10 bits per heavy atom. The lowest BCUT2D eigenvalue weighted by Crippen LogP contribution is -2.08. The molecule has 0 saturated carbocycles. The summed E-state index contributed by atoms with van der Waals surface area (Å²) in [5.74, 6) is 0.297. The monoisotopic (exact) mass is 385 g/mol. The van der Waals surface area contributed by atoms with E-state index in [9.17, 15) is 9.59 Å². The Kier molecular flexibility index (Phi) is 4.96. The molecule has 0 N–H and O–H groups in total. The fourth-order valence-electron chi connectivity index (χ4n) is 3.19. The summed E-state index contributed by atoms with van der Waals surface area (Å²) >= 11 is 0. The van der Waals surface area contributed by atoms with E-state index >= 15 is 0 Å². The summed E-state index contributed by atoms with van der Waals surface area (Å²) in [6, 6.07) is 14.4. The van der Waals surface area contributed by atoms with Crippen LogP contribution in [0.1, 0.15) is 44.3 Å². The summed E-state index contributed by atoms with van der Waals surface area (Å²) in [6.07, 6.45) is 5.73. The lowest BCUT2D eigenvalue weighted by molar-refractivity contribution is 0.0734. The molecule has 0 radical (unpaired) electrons. The highest BCUT2D eigenvalue weighted by atomic mass is 16.5. The fourth-order valence-corrected chi connectivity index (χ4v) is 3.19. The Bertz CT molecular complexity index is 1120. The number of rotatable bonds is 4. The molecule has 2 heterocycles. The van der Waals surface area contributed by atoms with Crippen molar-refractivity contribution in [2.75, 3.05) is 0 Å². The average Bonchev–Trinajstić information content (AvgIpc) is 3.04. The summed E-state index contributed by atoms with van der Waals surface area (Å²) in [5, 5.41) is 0. The molecule has 0 spiro atoms. The molecule has 144 valence electrons. The van der Waals surface area contributed by atoms with Crippen LogP contribution in [-0.4, -0.2) is 16.7 Å². The van der Waals surface area contributed by atoms with E-state index in [1.165, 1.54) is 18.0 Å². The molecule has 1 aliphatic heterocycles. The first-order valence-corrected chi connectivity index (χ1v) is 9.35. The molecule has 29 heavy (non-hydrogen) atoms. The van der Waals surface area contributed by atoms with E-state index in [1.807, 2.05) is 24.3 Å². The standard InChI is InChI=1S/C24H19NO4/c1-3-16-4-6-17(7-5-16)13-21-23(26)22-15(2)12-19(14-20(22)29-21)28-24(27)18-8-10-25-11-9-18/h4-14H,3H2,1-2H3/b21-13-. The largest absolute Gasteiger partial charge is 0.452 e. The van der Waals surface area contributed by atoms with Gasteiger partial charge in [0.05, 0.1) is 11.1 Å². The molecule has 1 aliphatic rings. The highest BCUT2D eigenvalue weighted by Crippen LogP contribution is 2.37. The Hall–Kier alpha value is -3.73. The first kappa shape index (κ1) is 18.6. The number of ketones is 1. The number of fused-ring (bicyclic) bond motifs is 1. The molecule has 0 fully saturated rings. The first-order valence-electron chi connectivity index (χ1n) is 9.35. The van der Waals surface area contributed by atoms with Crippen molar-refractivity contribution in [2.24, 2.45) is 0 Å². The summed E-state index contributed by atoms with van der Waals surface area (Å²) in [5.41, 5.74) is 3.69. The minimum absolute atomic E-state index is 0.177. The van der Waals surface area contributed by atoms with Crippen LogP contribution in [0.25, 0.3) is 6.08 Å². The van der Waals surface area contributed by atoms with Gasteiger partial charge >= 0.3 is 5.97 Å². The second-order valence-corrected chi connectivity index (χ2v) is 6.77. The van der Waals surface area contributed by atoms with Gasteiger partial charge in [-0.3, -0.25) is 9.78 Å². The summed E-state index contributed by atoms with van der Waals surface area (Å²) in [4.78, 5) is 29.0. The van der Waals surface area contributed by atoms with Crippen LogP contribution in [0.4, 0.5) is 0 Å². The smallest absolute Gasteiger partial charge is 0.343 e. The average molecular weight is 385 g/mol. The van der Waals surface area contributed by atoms with Crippen molar-refractivity contribution in [1.29, 1.82) is 0 Å². The summed E-state index contributed by atoms with van der Waals surface area (Å²) in [6.45, 7) is 3.89. The van der Waals surface area contributed by atoms with Gasteiger partial charge in [-0.05, 0) is 54.3 Å². The van der Waals surface area contributed by atoms with Gasteiger partial charge in [-0.1, -0.05) is 31.2 Å². The number of benzene rings is 2. The van der Waals surface area contributed by atoms with Gasteiger partial charge in [0.25, 0.3) is 0 Å². The van der Waals surface area contributed by atoms with E-state index in [4.69, 9.17) is 9.47 Å². The Labute approximate surface area is 168 Å². The van der Waals surface area contributed by atoms with Gasteiger partial charge < -0.3 is 9.47 Å². The van der Waals surface area contributed by atoms with Crippen molar-refractivity contribution in [3.05, 3.63) is 94.5 Å². The number of allylic oxidation sites excluding steroid dienone is 1. The maximum Gasteiger partial charge on any atom is 0.343 e. The normalized spacial score (nSPS) is 13.9. The molecule has 0 bridgehead atoms. The number of pyridine rings is 1. The molecule has 2 aromatic carbocycles. The number of carbonyl (C=O) groups is 2. The molecule has 4 rings (SSSR count). The van der Waals surface area contributed by atoms with Gasteiger partial charge in [0.15, 0.2) is 5.76 Å². The van der Waals surface area contributed by atoms with Gasteiger partial charge in [0.2, 0.25) is 5.78 Å². The summed E-state index contributed by atoms with van der Waals surface area (Å²) in [7, 11) is 0. The number of carbonyl (C=O) groups excluding carboxylic acids is 2. The molecule has 1 aromatic heterocycles. The predicted molar refractivity (Wildman–Crippen MR) is 109 cm³/mol. The molecular formula is C24H19NO4. The van der Waals surface area contributed by atoms with Gasteiger partial charge in [0.1, 0.15) is 11.5 Å². The highest BCUT2D eigenvalue weighted by Gasteiger charge is 2.30. The van der Waals surface area contributed by atoms with Crippen molar-refractivity contribution in [3.63, 3.8) is 0 Å². The quantitative estimate of drug-likeness (QED) is 0.367. The predicted octanol–water partition coefficient (Wildman–Crippen LogP) is 4.79. The molecular weight excluding hydrogens is 366 g/mol. The molecule has 0 unspecified atom stereocenters. The van der Waals surface area contributed by atoms with Gasteiger partial charge in [-0.2, -0.15) is 0 Å². The molecule has 5 nitrogen and oxygen atoms in total.